The predicted octanol–water partition coefficient (Wildman–Crippen LogP) is 1.55. The molecule has 1 aliphatic heterocycles. The van der Waals surface area contributed by atoms with E-state index in [2.05, 4.69) is 5.92 Å². The number of terminal acetylenes is 1. The summed E-state index contributed by atoms with van der Waals surface area (Å²) in [5.74, 6) is 0.774. The van der Waals surface area contributed by atoms with Crippen molar-refractivity contribution in [2.45, 2.75) is 25.3 Å². The first-order valence-electron chi connectivity index (χ1n) is 7.19. The molecule has 1 atom stereocenters. The van der Waals surface area contributed by atoms with Crippen molar-refractivity contribution >= 4 is 15.7 Å². The van der Waals surface area contributed by atoms with Gasteiger partial charge in [-0.2, -0.15) is 0 Å². The average molecular weight is 341 g/mol. The van der Waals surface area contributed by atoms with Gasteiger partial charge in [0.1, 0.15) is 11.6 Å². The van der Waals surface area contributed by atoms with Crippen molar-refractivity contribution in [3.8, 4) is 12.3 Å². The quantitative estimate of drug-likeness (QED) is 0.764. The molecule has 0 spiro atoms. The third-order valence-electron chi connectivity index (χ3n) is 3.85. The Balaban J connectivity index is 2.04. The maximum Gasteiger partial charge on any atom is 0.223 e. The van der Waals surface area contributed by atoms with Crippen LogP contribution in [0.4, 0.5) is 8.78 Å². The number of hydrogen-bond donors (Lipinski definition) is 0. The Bertz CT molecular complexity index is 740. The van der Waals surface area contributed by atoms with E-state index in [0.717, 1.165) is 18.2 Å². The minimum Gasteiger partial charge on any atom is -0.328 e. The number of rotatable bonds is 5. The monoisotopic (exact) mass is 341 g/mol. The summed E-state index contributed by atoms with van der Waals surface area (Å²) in [7, 11) is -3.14. The van der Waals surface area contributed by atoms with Gasteiger partial charge in [-0.3, -0.25) is 4.79 Å². The van der Waals surface area contributed by atoms with E-state index in [1.165, 1.54) is 4.90 Å². The molecular weight excluding hydrogens is 324 g/mol. The van der Waals surface area contributed by atoms with Gasteiger partial charge in [0.25, 0.3) is 0 Å². The van der Waals surface area contributed by atoms with Gasteiger partial charge in [-0.1, -0.05) is 5.92 Å². The minimum absolute atomic E-state index is 0.00462. The second kappa shape index (κ2) is 7.09. The smallest absolute Gasteiger partial charge is 0.223 e. The average Bonchev–Trinajstić information content (AvgIpc) is 2.85. The van der Waals surface area contributed by atoms with Crippen LogP contribution in [0, 0.1) is 24.0 Å². The van der Waals surface area contributed by atoms with Gasteiger partial charge >= 0.3 is 0 Å². The third kappa shape index (κ3) is 4.52. The fourth-order valence-electron chi connectivity index (χ4n) is 2.66. The van der Waals surface area contributed by atoms with Crippen LogP contribution in [-0.2, 0) is 21.1 Å². The summed E-state index contributed by atoms with van der Waals surface area (Å²) in [6.07, 6.45) is 5.58. The number of carbonyl (C=O) groups is 1. The highest BCUT2D eigenvalue weighted by atomic mass is 32.2. The highest BCUT2D eigenvalue weighted by Gasteiger charge is 2.34. The van der Waals surface area contributed by atoms with Crippen molar-refractivity contribution in [2.75, 3.05) is 18.1 Å². The van der Waals surface area contributed by atoms with E-state index in [4.69, 9.17) is 6.42 Å². The molecule has 7 heteroatoms. The van der Waals surface area contributed by atoms with E-state index < -0.39 is 27.5 Å². The van der Waals surface area contributed by atoms with Gasteiger partial charge in [-0.25, -0.2) is 17.2 Å². The molecule has 1 heterocycles. The van der Waals surface area contributed by atoms with Gasteiger partial charge in [0.15, 0.2) is 9.84 Å². The van der Waals surface area contributed by atoms with Crippen LogP contribution in [-0.4, -0.2) is 43.3 Å². The van der Waals surface area contributed by atoms with Crippen LogP contribution in [0.15, 0.2) is 18.2 Å². The van der Waals surface area contributed by atoms with Gasteiger partial charge in [0, 0.05) is 12.5 Å². The van der Waals surface area contributed by atoms with Crippen LogP contribution in [0.1, 0.15) is 18.4 Å². The Morgan fingerprint density at radius 3 is 2.74 bits per heavy atom. The molecule has 1 aromatic carbocycles. The van der Waals surface area contributed by atoms with Crippen molar-refractivity contribution < 1.29 is 22.0 Å². The number of sulfone groups is 1. The lowest BCUT2D eigenvalue weighted by atomic mass is 10.1. The summed E-state index contributed by atoms with van der Waals surface area (Å²) in [6.45, 7) is 0.00462. The molecule has 0 aliphatic carbocycles. The van der Waals surface area contributed by atoms with Gasteiger partial charge < -0.3 is 4.90 Å². The highest BCUT2D eigenvalue weighted by Crippen LogP contribution is 2.19. The molecule has 2 rings (SSSR count). The van der Waals surface area contributed by atoms with Crippen LogP contribution in [0.25, 0.3) is 0 Å². The summed E-state index contributed by atoms with van der Waals surface area (Å²) in [5, 5.41) is 0. The minimum atomic E-state index is -3.14. The van der Waals surface area contributed by atoms with E-state index in [1.807, 2.05) is 0 Å². The van der Waals surface area contributed by atoms with E-state index in [1.54, 1.807) is 0 Å². The zero-order chi connectivity index (χ0) is 17.0. The van der Waals surface area contributed by atoms with Gasteiger partial charge in [-0.05, 0) is 36.6 Å². The Morgan fingerprint density at radius 2 is 2.13 bits per heavy atom. The van der Waals surface area contributed by atoms with Gasteiger partial charge in [0.2, 0.25) is 5.91 Å². The topological polar surface area (TPSA) is 54.5 Å². The Morgan fingerprint density at radius 1 is 1.39 bits per heavy atom. The molecule has 0 N–H and O–H groups in total. The largest absolute Gasteiger partial charge is 0.328 e. The van der Waals surface area contributed by atoms with Crippen LogP contribution < -0.4 is 0 Å². The van der Waals surface area contributed by atoms with E-state index in [-0.39, 0.29) is 42.4 Å². The molecular formula is C16H17F2NO3S. The summed E-state index contributed by atoms with van der Waals surface area (Å²) in [6, 6.07) is 2.63. The Labute approximate surface area is 134 Å². The van der Waals surface area contributed by atoms with Crippen molar-refractivity contribution in [1.29, 1.82) is 0 Å². The van der Waals surface area contributed by atoms with Crippen LogP contribution >= 0.6 is 0 Å². The molecule has 0 aromatic heterocycles. The number of carbonyl (C=O) groups excluding carboxylic acids is 1. The van der Waals surface area contributed by atoms with Crippen molar-refractivity contribution in [1.82, 2.24) is 4.90 Å². The molecule has 1 fully saturated rings. The number of amides is 1. The summed E-state index contributed by atoms with van der Waals surface area (Å²) in [4.78, 5) is 13.7. The van der Waals surface area contributed by atoms with Gasteiger partial charge in [0.05, 0.1) is 18.1 Å². The van der Waals surface area contributed by atoms with E-state index >= 15 is 0 Å². The lowest BCUT2D eigenvalue weighted by Crippen LogP contribution is -2.41. The molecule has 4 nitrogen and oxygen atoms in total. The zero-order valence-corrected chi connectivity index (χ0v) is 13.3. The molecule has 1 saturated heterocycles. The molecule has 0 radical (unpaired) electrons. The maximum atomic E-state index is 13.6. The fourth-order valence-corrected chi connectivity index (χ4v) is 4.39. The van der Waals surface area contributed by atoms with Crippen molar-refractivity contribution in [3.05, 3.63) is 35.4 Å². The first-order valence-corrected chi connectivity index (χ1v) is 9.02. The molecule has 1 aliphatic rings. The molecule has 0 unspecified atom stereocenters. The Hall–Kier alpha value is -1.94. The first-order chi connectivity index (χ1) is 10.8. The number of nitrogens with zero attached hydrogens (tertiary/aromatic N) is 1. The number of halogens is 2. The summed E-state index contributed by atoms with van der Waals surface area (Å²) < 4.78 is 49.8. The maximum absolute atomic E-state index is 13.6. The van der Waals surface area contributed by atoms with E-state index in [0.29, 0.717) is 6.42 Å². The second-order valence-electron chi connectivity index (χ2n) is 5.52. The van der Waals surface area contributed by atoms with Crippen molar-refractivity contribution in [3.63, 3.8) is 0 Å². The summed E-state index contributed by atoms with van der Waals surface area (Å²) in [5.41, 5.74) is 0.109. The normalized spacial score (nSPS) is 19.3. The van der Waals surface area contributed by atoms with Crippen molar-refractivity contribution in [2.24, 2.45) is 0 Å². The SMILES string of the molecule is C#CCN(C(=O)CCc1cc(F)ccc1F)[C@H]1CCS(=O)(=O)C1. The number of benzene rings is 1. The van der Waals surface area contributed by atoms with Gasteiger partial charge in [-0.15, -0.1) is 6.42 Å². The molecule has 0 bridgehead atoms. The summed E-state index contributed by atoms with van der Waals surface area (Å²) >= 11 is 0. The molecule has 1 amide bonds. The molecule has 23 heavy (non-hydrogen) atoms. The second-order valence-corrected chi connectivity index (χ2v) is 7.75. The zero-order valence-electron chi connectivity index (χ0n) is 12.5. The molecule has 124 valence electrons. The number of hydrogen-bond acceptors (Lipinski definition) is 3. The van der Waals surface area contributed by atoms with Crippen LogP contribution in [0.3, 0.4) is 0 Å². The Kier molecular flexibility index (Phi) is 5.37. The third-order valence-corrected chi connectivity index (χ3v) is 5.60. The molecule has 0 saturated carbocycles. The molecule has 1 aromatic rings. The lowest BCUT2D eigenvalue weighted by Gasteiger charge is -2.26. The first kappa shape index (κ1) is 17.4. The standard InChI is InChI=1S/C16H17F2NO3S/c1-2-8-19(14-7-9-23(21,22)11-14)16(20)6-3-12-10-13(17)4-5-15(12)18/h1,4-5,10,14H,3,6-9,11H2/t14-/m0/s1. The fraction of sp³-hybridized carbons (Fsp3) is 0.438. The number of aryl methyl sites for hydroxylation is 1. The lowest BCUT2D eigenvalue weighted by molar-refractivity contribution is -0.132. The highest BCUT2D eigenvalue weighted by molar-refractivity contribution is 7.91. The van der Waals surface area contributed by atoms with E-state index in [9.17, 15) is 22.0 Å². The van der Waals surface area contributed by atoms with Crippen LogP contribution in [0.2, 0.25) is 0 Å². The van der Waals surface area contributed by atoms with Crippen LogP contribution in [0.5, 0.6) is 0 Å². The predicted molar refractivity (Wildman–Crippen MR) is 82.3 cm³/mol.